The lowest BCUT2D eigenvalue weighted by Gasteiger charge is -2.18. The first kappa shape index (κ1) is 18.4. The van der Waals surface area contributed by atoms with Gasteiger partial charge in [0.05, 0.1) is 9.13 Å². The Morgan fingerprint density at radius 2 is 1.96 bits per heavy atom. The fraction of sp³-hybridized carbons (Fsp3) is 0.133. The monoisotopic (exact) mass is 427 g/mol. The molecule has 0 fully saturated rings. The molecule has 9 heteroatoms. The minimum Gasteiger partial charge on any atom is -0.214 e. The zero-order chi connectivity index (χ0) is 16.9. The van der Waals surface area contributed by atoms with Gasteiger partial charge in [0.25, 0.3) is 0 Å². The Labute approximate surface area is 166 Å². The number of aromatic nitrogens is 2. The predicted molar refractivity (Wildman–Crippen MR) is 108 cm³/mol. The molecule has 2 aromatic rings. The van der Waals surface area contributed by atoms with Crippen LogP contribution in [0.15, 0.2) is 59.4 Å². The molecule has 3 rings (SSSR count). The summed E-state index contributed by atoms with van der Waals surface area (Å²) in [6, 6.07) is 12.5. The predicted octanol–water partition coefficient (Wildman–Crippen LogP) is 6.23. The zero-order valence-electron chi connectivity index (χ0n) is 12.4. The standard InChI is InChI=1S/C15H10ClN3S5/c1-20-15-18-12(16)11-13(19-15)24-14(10(7-17)23-11)22-8-21-9-5-3-2-4-6-9/h2-6H,8H2,1H3. The van der Waals surface area contributed by atoms with Crippen molar-refractivity contribution >= 4 is 70.4 Å². The minimum absolute atomic E-state index is 0.414. The fourth-order valence-corrected chi connectivity index (χ4v) is 7.23. The van der Waals surface area contributed by atoms with Crippen LogP contribution in [0.2, 0.25) is 5.15 Å². The second-order valence-electron chi connectivity index (χ2n) is 4.29. The van der Waals surface area contributed by atoms with Gasteiger partial charge in [0.15, 0.2) is 5.16 Å². The van der Waals surface area contributed by atoms with Crippen molar-refractivity contribution in [3.05, 3.63) is 44.6 Å². The van der Waals surface area contributed by atoms with E-state index in [-0.39, 0.29) is 0 Å². The smallest absolute Gasteiger partial charge is 0.189 e. The van der Waals surface area contributed by atoms with E-state index in [0.29, 0.717) is 15.2 Å². The largest absolute Gasteiger partial charge is 0.214 e. The molecule has 0 bridgehead atoms. The lowest BCUT2D eigenvalue weighted by atomic mass is 10.4. The molecule has 1 aliphatic heterocycles. The van der Waals surface area contributed by atoms with Gasteiger partial charge in [-0.25, -0.2) is 9.97 Å². The number of fused-ring (bicyclic) bond motifs is 1. The summed E-state index contributed by atoms with van der Waals surface area (Å²) in [6.45, 7) is 0. The van der Waals surface area contributed by atoms with Gasteiger partial charge >= 0.3 is 0 Å². The normalized spacial score (nSPS) is 13.5. The van der Waals surface area contributed by atoms with E-state index in [4.69, 9.17) is 11.6 Å². The molecule has 0 saturated carbocycles. The van der Waals surface area contributed by atoms with Crippen molar-refractivity contribution in [3.8, 4) is 6.07 Å². The summed E-state index contributed by atoms with van der Waals surface area (Å²) < 4.78 is 0.972. The number of halogens is 1. The molecule has 0 N–H and O–H groups in total. The number of thioether (sulfide) groups is 5. The molecule has 0 unspecified atom stereocenters. The van der Waals surface area contributed by atoms with Crippen LogP contribution in [0.5, 0.6) is 0 Å². The molecular weight excluding hydrogens is 418 g/mol. The topological polar surface area (TPSA) is 49.6 Å². The van der Waals surface area contributed by atoms with Crippen LogP contribution < -0.4 is 0 Å². The molecule has 1 aromatic heterocycles. The molecule has 3 nitrogen and oxygen atoms in total. The first-order valence-corrected chi connectivity index (χ1v) is 11.8. The van der Waals surface area contributed by atoms with Crippen LogP contribution in [-0.2, 0) is 0 Å². The van der Waals surface area contributed by atoms with Crippen LogP contribution in [0.3, 0.4) is 0 Å². The molecular formula is C15H10ClN3S5. The third-order valence-corrected chi connectivity index (χ3v) is 8.70. The number of allylic oxidation sites excluding steroid dienone is 1. The number of hydrogen-bond acceptors (Lipinski definition) is 8. The van der Waals surface area contributed by atoms with Crippen LogP contribution in [0.25, 0.3) is 0 Å². The van der Waals surface area contributed by atoms with E-state index in [1.807, 2.05) is 24.5 Å². The number of nitrogens with zero attached hydrogens (tertiary/aromatic N) is 3. The average molecular weight is 428 g/mol. The third-order valence-electron chi connectivity index (χ3n) is 2.79. The molecule has 0 aliphatic carbocycles. The van der Waals surface area contributed by atoms with E-state index >= 15 is 0 Å². The SMILES string of the molecule is CSc1nc(Cl)c2c(n1)SC(SCSc1ccccc1)=C(C#N)S2. The van der Waals surface area contributed by atoms with Crippen LogP contribution in [-0.4, -0.2) is 21.3 Å². The summed E-state index contributed by atoms with van der Waals surface area (Å²) in [4.78, 5) is 11.4. The van der Waals surface area contributed by atoms with E-state index in [2.05, 4.69) is 28.2 Å². The van der Waals surface area contributed by atoms with Gasteiger partial charge in [-0.3, -0.25) is 0 Å². The molecule has 122 valence electrons. The molecule has 1 aliphatic rings. The highest BCUT2D eigenvalue weighted by Gasteiger charge is 2.25. The van der Waals surface area contributed by atoms with Gasteiger partial charge in [-0.2, -0.15) is 5.26 Å². The Morgan fingerprint density at radius 1 is 1.17 bits per heavy atom. The van der Waals surface area contributed by atoms with Gasteiger partial charge in [-0.05, 0) is 18.4 Å². The fourth-order valence-electron chi connectivity index (χ4n) is 1.74. The van der Waals surface area contributed by atoms with E-state index in [1.165, 1.54) is 40.2 Å². The second-order valence-corrected chi connectivity index (χ2v) is 10.1. The molecule has 0 amide bonds. The summed E-state index contributed by atoms with van der Waals surface area (Å²) in [5.41, 5.74) is 0. The molecule has 0 spiro atoms. The van der Waals surface area contributed by atoms with Crippen molar-refractivity contribution in [1.29, 1.82) is 5.26 Å². The van der Waals surface area contributed by atoms with E-state index < -0.39 is 0 Å². The Morgan fingerprint density at radius 3 is 2.67 bits per heavy atom. The summed E-state index contributed by atoms with van der Waals surface area (Å²) in [6.07, 6.45) is 1.92. The minimum atomic E-state index is 0.414. The third kappa shape index (κ3) is 4.40. The quantitative estimate of drug-likeness (QED) is 0.241. The van der Waals surface area contributed by atoms with Crippen LogP contribution in [0.1, 0.15) is 0 Å². The molecule has 1 aromatic carbocycles. The highest BCUT2D eigenvalue weighted by molar-refractivity contribution is 8.28. The number of benzene rings is 1. The van der Waals surface area contributed by atoms with Crippen molar-refractivity contribution < 1.29 is 0 Å². The molecule has 24 heavy (non-hydrogen) atoms. The van der Waals surface area contributed by atoms with Gasteiger partial charge in [0.2, 0.25) is 0 Å². The highest BCUT2D eigenvalue weighted by atomic mass is 35.5. The Hall–Kier alpha value is -0.430. The summed E-state index contributed by atoms with van der Waals surface area (Å²) in [5, 5.41) is 12.2. The number of hydrogen-bond donors (Lipinski definition) is 0. The maximum atomic E-state index is 9.44. The van der Waals surface area contributed by atoms with Crippen molar-refractivity contribution in [2.24, 2.45) is 0 Å². The Kier molecular flexibility index (Phi) is 6.72. The van der Waals surface area contributed by atoms with Gasteiger partial charge in [0.1, 0.15) is 21.2 Å². The van der Waals surface area contributed by atoms with Gasteiger partial charge < -0.3 is 0 Å². The van der Waals surface area contributed by atoms with E-state index in [0.717, 1.165) is 19.2 Å². The van der Waals surface area contributed by atoms with Crippen molar-refractivity contribution in [3.63, 3.8) is 0 Å². The summed E-state index contributed by atoms with van der Waals surface area (Å²) in [5.74, 6) is 0. The average Bonchev–Trinajstić information content (AvgIpc) is 2.62. The lowest BCUT2D eigenvalue weighted by molar-refractivity contribution is 0.842. The highest BCUT2D eigenvalue weighted by Crippen LogP contribution is 2.52. The molecule has 0 atom stereocenters. The van der Waals surface area contributed by atoms with Gasteiger partial charge in [-0.1, -0.05) is 65.1 Å². The maximum absolute atomic E-state index is 9.44. The van der Waals surface area contributed by atoms with Gasteiger partial charge in [0, 0.05) is 9.98 Å². The number of rotatable bonds is 5. The first-order chi connectivity index (χ1) is 11.7. The van der Waals surface area contributed by atoms with E-state index in [9.17, 15) is 5.26 Å². The first-order valence-electron chi connectivity index (χ1n) is 6.63. The van der Waals surface area contributed by atoms with Crippen molar-refractivity contribution in [2.45, 2.75) is 20.0 Å². The lowest BCUT2D eigenvalue weighted by Crippen LogP contribution is -1.98. The van der Waals surface area contributed by atoms with Crippen LogP contribution >= 0.6 is 70.4 Å². The van der Waals surface area contributed by atoms with Gasteiger partial charge in [-0.15, -0.1) is 23.5 Å². The van der Waals surface area contributed by atoms with Crippen molar-refractivity contribution in [1.82, 2.24) is 9.97 Å². The molecule has 2 heterocycles. The van der Waals surface area contributed by atoms with Crippen molar-refractivity contribution in [2.75, 3.05) is 11.3 Å². The van der Waals surface area contributed by atoms with E-state index in [1.54, 1.807) is 23.5 Å². The maximum Gasteiger partial charge on any atom is 0.189 e. The number of nitriles is 1. The second kappa shape index (κ2) is 8.79. The zero-order valence-corrected chi connectivity index (χ0v) is 17.2. The molecule has 0 saturated heterocycles. The summed E-state index contributed by atoms with van der Waals surface area (Å²) >= 11 is 14.0. The van der Waals surface area contributed by atoms with Crippen LogP contribution in [0.4, 0.5) is 0 Å². The van der Waals surface area contributed by atoms with Crippen LogP contribution in [0, 0.1) is 11.3 Å². The summed E-state index contributed by atoms with van der Waals surface area (Å²) in [7, 11) is 0. The molecule has 0 radical (unpaired) electrons. The Balaban J connectivity index is 1.74. The Bertz CT molecular complexity index is 820.